The molecule has 186 valence electrons. The van der Waals surface area contributed by atoms with Crippen LogP contribution in [0.5, 0.6) is 0 Å². The summed E-state index contributed by atoms with van der Waals surface area (Å²) in [6.07, 6.45) is 0. The molecule has 36 heavy (non-hydrogen) atoms. The molecule has 0 atom stereocenters. The van der Waals surface area contributed by atoms with Gasteiger partial charge in [0.25, 0.3) is 5.91 Å². The highest BCUT2D eigenvalue weighted by atomic mass is 16.5. The number of primary amides is 1. The number of nitrogens with zero attached hydrogens (tertiary/aromatic N) is 1. The first-order chi connectivity index (χ1) is 17.2. The lowest BCUT2D eigenvalue weighted by Crippen LogP contribution is -2.36. The van der Waals surface area contributed by atoms with Gasteiger partial charge < -0.3 is 21.1 Å². The zero-order valence-electron chi connectivity index (χ0n) is 21.0. The number of hydrogen-bond acceptors (Lipinski definition) is 4. The largest absolute Gasteiger partial charge is 0.379 e. The van der Waals surface area contributed by atoms with Crippen molar-refractivity contribution in [3.8, 4) is 11.8 Å². The van der Waals surface area contributed by atoms with E-state index in [1.807, 2.05) is 42.5 Å². The average molecular weight is 485 g/mol. The molecule has 0 radical (unpaired) electrons. The summed E-state index contributed by atoms with van der Waals surface area (Å²) < 4.78 is 5.39. The van der Waals surface area contributed by atoms with Gasteiger partial charge in [-0.15, -0.1) is 0 Å². The Balaban J connectivity index is 1.55. The van der Waals surface area contributed by atoms with Crippen molar-refractivity contribution in [1.29, 1.82) is 0 Å². The Morgan fingerprint density at radius 2 is 1.67 bits per heavy atom. The smallest absolute Gasteiger partial charge is 0.323 e. The van der Waals surface area contributed by atoms with Crippen LogP contribution in [0.3, 0.4) is 0 Å². The fourth-order valence-electron chi connectivity index (χ4n) is 4.13. The van der Waals surface area contributed by atoms with E-state index in [2.05, 4.69) is 48.1 Å². The number of morpholine rings is 1. The molecule has 1 heterocycles. The summed E-state index contributed by atoms with van der Waals surface area (Å²) >= 11 is 0. The maximum atomic E-state index is 13.0. The fraction of sp³-hybridized carbons (Fsp3) is 0.310. The first kappa shape index (κ1) is 25.2. The van der Waals surface area contributed by atoms with Crippen LogP contribution in [0.15, 0.2) is 54.6 Å². The third-order valence-electron chi connectivity index (χ3n) is 6.20. The number of hydrogen-bond donors (Lipinski definition) is 3. The number of ether oxygens (including phenoxy) is 1. The molecule has 3 aromatic carbocycles. The molecule has 1 aliphatic rings. The number of rotatable bonds is 4. The van der Waals surface area contributed by atoms with Crippen LogP contribution in [-0.4, -0.2) is 49.7 Å². The van der Waals surface area contributed by atoms with Crippen molar-refractivity contribution < 1.29 is 14.3 Å². The van der Waals surface area contributed by atoms with Crippen molar-refractivity contribution in [2.45, 2.75) is 26.2 Å². The van der Waals surface area contributed by atoms with Crippen molar-refractivity contribution in [3.63, 3.8) is 0 Å². The van der Waals surface area contributed by atoms with Crippen molar-refractivity contribution in [2.75, 3.05) is 43.5 Å². The summed E-state index contributed by atoms with van der Waals surface area (Å²) in [5.41, 5.74) is 8.56. The molecule has 0 aliphatic carbocycles. The maximum absolute atomic E-state index is 13.0. The highest BCUT2D eigenvalue weighted by Gasteiger charge is 2.19. The zero-order chi connectivity index (χ0) is 25.7. The van der Waals surface area contributed by atoms with Gasteiger partial charge >= 0.3 is 6.03 Å². The van der Waals surface area contributed by atoms with Crippen LogP contribution in [0.25, 0.3) is 10.8 Å². The highest BCUT2D eigenvalue weighted by Crippen LogP contribution is 2.29. The lowest BCUT2D eigenvalue weighted by molar-refractivity contribution is 0.0443. The molecule has 0 spiro atoms. The lowest BCUT2D eigenvalue weighted by atomic mass is 9.86. The summed E-state index contributed by atoms with van der Waals surface area (Å²) in [6, 6.07) is 16.4. The number of benzene rings is 3. The Labute approximate surface area is 212 Å². The van der Waals surface area contributed by atoms with Crippen molar-refractivity contribution in [2.24, 2.45) is 5.73 Å². The van der Waals surface area contributed by atoms with Gasteiger partial charge in [0.2, 0.25) is 0 Å². The van der Waals surface area contributed by atoms with E-state index in [4.69, 9.17) is 10.5 Å². The summed E-state index contributed by atoms with van der Waals surface area (Å²) in [7, 11) is 0. The number of carbonyl (C=O) groups is 2. The molecule has 0 aromatic heterocycles. The second kappa shape index (κ2) is 10.8. The van der Waals surface area contributed by atoms with E-state index in [0.29, 0.717) is 17.9 Å². The normalized spacial score (nSPS) is 14.1. The highest BCUT2D eigenvalue weighted by molar-refractivity contribution is 6.09. The summed E-state index contributed by atoms with van der Waals surface area (Å²) in [5.74, 6) is 5.95. The molecule has 3 amide bonds. The predicted molar refractivity (Wildman–Crippen MR) is 144 cm³/mol. The zero-order valence-corrected chi connectivity index (χ0v) is 21.0. The Kier molecular flexibility index (Phi) is 7.58. The third-order valence-corrected chi connectivity index (χ3v) is 6.20. The van der Waals surface area contributed by atoms with Gasteiger partial charge in [-0.2, -0.15) is 0 Å². The van der Waals surface area contributed by atoms with E-state index in [0.717, 1.165) is 48.2 Å². The van der Waals surface area contributed by atoms with Crippen LogP contribution in [0.4, 0.5) is 16.2 Å². The van der Waals surface area contributed by atoms with Gasteiger partial charge in [-0.05, 0) is 40.6 Å². The third kappa shape index (κ3) is 6.03. The van der Waals surface area contributed by atoms with Crippen LogP contribution < -0.4 is 16.4 Å². The van der Waals surface area contributed by atoms with Crippen LogP contribution in [-0.2, 0) is 10.2 Å². The van der Waals surface area contributed by atoms with Crippen LogP contribution >= 0.6 is 0 Å². The first-order valence-corrected chi connectivity index (χ1v) is 12.1. The van der Waals surface area contributed by atoms with E-state index in [1.54, 1.807) is 12.1 Å². The Bertz CT molecular complexity index is 1340. The van der Waals surface area contributed by atoms with Crippen LogP contribution in [0.2, 0.25) is 0 Å². The molecule has 1 fully saturated rings. The van der Waals surface area contributed by atoms with Gasteiger partial charge in [-0.1, -0.05) is 62.9 Å². The number of fused-ring (bicyclic) bond motifs is 1. The van der Waals surface area contributed by atoms with E-state index < -0.39 is 11.9 Å². The Morgan fingerprint density at radius 3 is 2.36 bits per heavy atom. The van der Waals surface area contributed by atoms with Gasteiger partial charge in [0.05, 0.1) is 36.7 Å². The number of urea groups is 1. The molecule has 4 N–H and O–H groups in total. The minimum Gasteiger partial charge on any atom is -0.379 e. The number of nitrogens with two attached hydrogens (primary N) is 1. The maximum Gasteiger partial charge on any atom is 0.323 e. The van der Waals surface area contributed by atoms with E-state index in [-0.39, 0.29) is 11.0 Å². The molecule has 0 bridgehead atoms. The summed E-state index contributed by atoms with van der Waals surface area (Å²) in [5, 5.41) is 7.56. The SMILES string of the molecule is CC(C)(C)c1ccc(C(N)=O)c(NC(=O)Nc2ccc(C#CCN3CCOCC3)c3ccccc23)c1. The van der Waals surface area contributed by atoms with Crippen molar-refractivity contribution in [1.82, 2.24) is 4.90 Å². The monoisotopic (exact) mass is 484 g/mol. The van der Waals surface area contributed by atoms with Gasteiger partial charge in [0.1, 0.15) is 0 Å². The molecular weight excluding hydrogens is 452 g/mol. The molecular formula is C29H32N4O3. The second-order valence-electron chi connectivity index (χ2n) is 9.85. The topological polar surface area (TPSA) is 96.7 Å². The minimum atomic E-state index is -0.601. The molecule has 7 heteroatoms. The second-order valence-corrected chi connectivity index (χ2v) is 9.85. The van der Waals surface area contributed by atoms with Gasteiger partial charge in [0.15, 0.2) is 0 Å². The number of nitrogens with one attached hydrogen (secondary N) is 2. The summed E-state index contributed by atoms with van der Waals surface area (Å²) in [4.78, 5) is 27.2. The molecule has 0 saturated carbocycles. The van der Waals surface area contributed by atoms with E-state index >= 15 is 0 Å². The predicted octanol–water partition coefficient (Wildman–Crippen LogP) is 4.56. The van der Waals surface area contributed by atoms with Crippen LogP contribution in [0.1, 0.15) is 42.3 Å². The molecule has 1 aliphatic heterocycles. The lowest BCUT2D eigenvalue weighted by Gasteiger charge is -2.24. The average Bonchev–Trinajstić information content (AvgIpc) is 2.85. The standard InChI is InChI=1S/C29H32N4O3/c1-29(2,3)21-11-12-24(27(30)34)26(19-21)32-28(35)31-25-13-10-20(22-8-4-5-9-23(22)25)7-6-14-33-15-17-36-18-16-33/h4-5,8-13,19H,14-18H2,1-3H3,(H2,30,34)(H2,31,32,35). The van der Waals surface area contributed by atoms with Crippen molar-refractivity contribution >= 4 is 34.1 Å². The van der Waals surface area contributed by atoms with Crippen LogP contribution in [0, 0.1) is 11.8 Å². The Morgan fingerprint density at radius 1 is 0.972 bits per heavy atom. The van der Waals surface area contributed by atoms with E-state index in [9.17, 15) is 9.59 Å². The van der Waals surface area contributed by atoms with Gasteiger partial charge in [-0.3, -0.25) is 9.69 Å². The van der Waals surface area contributed by atoms with E-state index in [1.165, 1.54) is 0 Å². The fourth-order valence-corrected chi connectivity index (χ4v) is 4.13. The quantitative estimate of drug-likeness (QED) is 0.473. The van der Waals surface area contributed by atoms with Gasteiger partial charge in [0, 0.05) is 24.0 Å². The number of carbonyl (C=O) groups excluding carboxylic acids is 2. The Hall–Kier alpha value is -3.86. The molecule has 3 aromatic rings. The molecule has 4 rings (SSSR count). The van der Waals surface area contributed by atoms with Crippen molar-refractivity contribution in [3.05, 3.63) is 71.3 Å². The van der Waals surface area contributed by atoms with Gasteiger partial charge in [-0.25, -0.2) is 4.79 Å². The molecule has 1 saturated heterocycles. The minimum absolute atomic E-state index is 0.155. The number of amides is 3. The molecule has 7 nitrogen and oxygen atoms in total. The first-order valence-electron chi connectivity index (χ1n) is 12.1. The summed E-state index contributed by atoms with van der Waals surface area (Å²) in [6.45, 7) is 10.2. The molecule has 0 unspecified atom stereocenters. The number of anilines is 2.